The highest BCUT2D eigenvalue weighted by atomic mass is 35.5. The van der Waals surface area contributed by atoms with Crippen LogP contribution in [0.15, 0.2) is 24.3 Å². The van der Waals surface area contributed by atoms with Crippen LogP contribution in [0, 0.1) is 0 Å². The third-order valence-electron chi connectivity index (χ3n) is 3.17. The summed E-state index contributed by atoms with van der Waals surface area (Å²) in [4.78, 5) is 14.2. The van der Waals surface area contributed by atoms with E-state index >= 15 is 0 Å². The second-order valence-corrected chi connectivity index (χ2v) is 5.09. The summed E-state index contributed by atoms with van der Waals surface area (Å²) in [5.41, 5.74) is 2.42. The Morgan fingerprint density at radius 2 is 1.68 bits per heavy atom. The fourth-order valence-corrected chi connectivity index (χ4v) is 2.69. The predicted molar refractivity (Wildman–Crippen MR) is 76.2 cm³/mol. The minimum atomic E-state index is 0.122. The van der Waals surface area contributed by atoms with Crippen LogP contribution in [0.3, 0.4) is 0 Å². The zero-order chi connectivity index (χ0) is 13.2. The van der Waals surface area contributed by atoms with Gasteiger partial charge in [-0.25, -0.2) is 0 Å². The van der Waals surface area contributed by atoms with Crippen LogP contribution in [-0.2, 0) is 6.42 Å². The van der Waals surface area contributed by atoms with Crippen LogP contribution < -0.4 is 4.90 Å². The van der Waals surface area contributed by atoms with Crippen LogP contribution in [-0.4, -0.2) is 21.5 Å². The number of anilines is 2. The van der Waals surface area contributed by atoms with Crippen molar-refractivity contribution in [1.82, 2.24) is 15.0 Å². The van der Waals surface area contributed by atoms with Gasteiger partial charge in [0, 0.05) is 12.2 Å². The van der Waals surface area contributed by atoms with Gasteiger partial charge in [-0.3, -0.25) is 0 Å². The average Bonchev–Trinajstić information content (AvgIpc) is 2.59. The number of benzene rings is 1. The van der Waals surface area contributed by atoms with Gasteiger partial charge < -0.3 is 4.90 Å². The molecule has 0 saturated carbocycles. The molecule has 0 saturated heterocycles. The maximum atomic E-state index is 5.86. The van der Waals surface area contributed by atoms with E-state index in [-0.39, 0.29) is 10.6 Å². The third-order valence-corrected chi connectivity index (χ3v) is 3.51. The Labute approximate surface area is 121 Å². The van der Waals surface area contributed by atoms with Gasteiger partial charge in [-0.05, 0) is 54.1 Å². The van der Waals surface area contributed by atoms with Crippen molar-refractivity contribution in [2.45, 2.75) is 19.3 Å². The molecule has 0 spiro atoms. The highest BCUT2D eigenvalue weighted by Gasteiger charge is 2.19. The molecule has 98 valence electrons. The maximum Gasteiger partial charge on any atom is 0.235 e. The van der Waals surface area contributed by atoms with Crippen LogP contribution in [0.4, 0.5) is 11.6 Å². The summed E-state index contributed by atoms with van der Waals surface area (Å²) in [6, 6.07) is 8.28. The largest absolute Gasteiger partial charge is 0.310 e. The van der Waals surface area contributed by atoms with E-state index in [4.69, 9.17) is 23.2 Å². The second-order valence-electron chi connectivity index (χ2n) is 4.41. The fourth-order valence-electron chi connectivity index (χ4n) is 2.34. The topological polar surface area (TPSA) is 41.9 Å². The quantitative estimate of drug-likeness (QED) is 0.805. The molecule has 1 aliphatic rings. The summed E-state index contributed by atoms with van der Waals surface area (Å²) in [5, 5.41) is 0.244. The fraction of sp³-hybridized carbons (Fsp3) is 0.308. The number of halogens is 2. The molecule has 2 heterocycles. The van der Waals surface area contributed by atoms with Crippen LogP contribution in [0.2, 0.25) is 10.6 Å². The van der Waals surface area contributed by atoms with E-state index in [0.717, 1.165) is 31.5 Å². The minimum absolute atomic E-state index is 0.122. The molecule has 1 aliphatic heterocycles. The Bertz CT molecular complexity index is 583. The highest BCUT2D eigenvalue weighted by Crippen LogP contribution is 2.31. The Morgan fingerprint density at radius 1 is 0.947 bits per heavy atom. The molecule has 0 bridgehead atoms. The molecule has 0 amide bonds. The molecule has 1 aromatic heterocycles. The summed E-state index contributed by atoms with van der Waals surface area (Å²) in [5.74, 6) is 0.513. The zero-order valence-electron chi connectivity index (χ0n) is 10.2. The number of hydrogen-bond donors (Lipinski definition) is 0. The van der Waals surface area contributed by atoms with Crippen molar-refractivity contribution in [3.63, 3.8) is 0 Å². The monoisotopic (exact) mass is 294 g/mol. The summed E-state index contributed by atoms with van der Waals surface area (Å²) in [6.45, 7) is 0.855. The van der Waals surface area contributed by atoms with Crippen molar-refractivity contribution in [2.75, 3.05) is 11.4 Å². The first-order chi connectivity index (χ1) is 9.24. The smallest absolute Gasteiger partial charge is 0.235 e. The van der Waals surface area contributed by atoms with E-state index in [1.54, 1.807) is 0 Å². The molecule has 0 aliphatic carbocycles. The van der Waals surface area contributed by atoms with Gasteiger partial charge >= 0.3 is 0 Å². The first-order valence-corrected chi connectivity index (χ1v) is 6.92. The first-order valence-electron chi connectivity index (χ1n) is 6.16. The van der Waals surface area contributed by atoms with Gasteiger partial charge in [0.15, 0.2) is 0 Å². The van der Waals surface area contributed by atoms with E-state index in [2.05, 4.69) is 38.1 Å². The van der Waals surface area contributed by atoms with Crippen molar-refractivity contribution in [1.29, 1.82) is 0 Å². The Kier molecular flexibility index (Phi) is 3.53. The van der Waals surface area contributed by atoms with Gasteiger partial charge in [0.05, 0.1) is 0 Å². The third kappa shape index (κ3) is 2.65. The molecule has 4 nitrogen and oxygen atoms in total. The van der Waals surface area contributed by atoms with Crippen molar-refractivity contribution in [3.05, 3.63) is 40.4 Å². The Balaban J connectivity index is 2.09. The molecule has 19 heavy (non-hydrogen) atoms. The molecule has 3 rings (SSSR count). The number of aromatic nitrogens is 3. The predicted octanol–water partition coefficient (Wildman–Crippen LogP) is 3.65. The van der Waals surface area contributed by atoms with Gasteiger partial charge in [0.1, 0.15) is 0 Å². The first kappa shape index (κ1) is 12.6. The summed E-state index contributed by atoms with van der Waals surface area (Å²) in [6.07, 6.45) is 3.30. The molecule has 0 unspecified atom stereocenters. The van der Waals surface area contributed by atoms with E-state index in [0.29, 0.717) is 5.95 Å². The van der Waals surface area contributed by atoms with Crippen molar-refractivity contribution >= 4 is 34.8 Å². The minimum Gasteiger partial charge on any atom is -0.310 e. The molecular formula is C13H12Cl2N4. The average molecular weight is 295 g/mol. The normalized spacial score (nSPS) is 14.9. The van der Waals surface area contributed by atoms with Gasteiger partial charge in [0.25, 0.3) is 0 Å². The maximum absolute atomic E-state index is 5.86. The molecular weight excluding hydrogens is 283 g/mol. The standard InChI is InChI=1S/C13H12Cl2N4/c14-11-16-12(15)18-13(17-11)19-8-4-3-6-9-5-1-2-7-10(9)19/h1-2,5,7H,3-4,6,8H2. The second kappa shape index (κ2) is 5.31. The van der Waals surface area contributed by atoms with Crippen LogP contribution >= 0.6 is 23.2 Å². The van der Waals surface area contributed by atoms with Crippen LogP contribution in [0.25, 0.3) is 0 Å². The lowest BCUT2D eigenvalue weighted by molar-refractivity contribution is 0.751. The summed E-state index contributed by atoms with van der Waals surface area (Å²) < 4.78 is 0. The molecule has 1 aromatic carbocycles. The molecule has 2 aromatic rings. The molecule has 0 radical (unpaired) electrons. The summed E-state index contributed by atoms with van der Waals surface area (Å²) in [7, 11) is 0. The molecule has 0 atom stereocenters. The number of nitrogens with zero attached hydrogens (tertiary/aromatic N) is 4. The van der Waals surface area contributed by atoms with Gasteiger partial charge in [-0.1, -0.05) is 18.2 Å². The number of rotatable bonds is 1. The summed E-state index contributed by atoms with van der Waals surface area (Å²) >= 11 is 11.7. The number of aryl methyl sites for hydroxylation is 1. The molecule has 0 fully saturated rings. The molecule has 6 heteroatoms. The van der Waals surface area contributed by atoms with E-state index in [1.807, 2.05) is 6.07 Å². The van der Waals surface area contributed by atoms with Crippen molar-refractivity contribution in [2.24, 2.45) is 0 Å². The highest BCUT2D eigenvalue weighted by molar-refractivity contribution is 6.31. The van der Waals surface area contributed by atoms with Crippen LogP contribution in [0.1, 0.15) is 18.4 Å². The number of hydrogen-bond acceptors (Lipinski definition) is 4. The van der Waals surface area contributed by atoms with Crippen molar-refractivity contribution < 1.29 is 0 Å². The molecule has 0 N–H and O–H groups in total. The lowest BCUT2D eigenvalue weighted by Crippen LogP contribution is -2.20. The number of fused-ring (bicyclic) bond motifs is 1. The lowest BCUT2D eigenvalue weighted by Gasteiger charge is -2.22. The van der Waals surface area contributed by atoms with Crippen LogP contribution in [0.5, 0.6) is 0 Å². The van der Waals surface area contributed by atoms with Crippen molar-refractivity contribution in [3.8, 4) is 0 Å². The zero-order valence-corrected chi connectivity index (χ0v) is 11.7. The van der Waals surface area contributed by atoms with E-state index in [9.17, 15) is 0 Å². The van der Waals surface area contributed by atoms with E-state index < -0.39 is 0 Å². The lowest BCUT2D eigenvalue weighted by atomic mass is 10.1. The number of para-hydroxylation sites is 1. The van der Waals surface area contributed by atoms with Gasteiger partial charge in [-0.2, -0.15) is 15.0 Å². The van der Waals surface area contributed by atoms with Gasteiger partial charge in [-0.15, -0.1) is 0 Å². The Morgan fingerprint density at radius 3 is 2.47 bits per heavy atom. The SMILES string of the molecule is Clc1nc(Cl)nc(N2CCCCc3ccccc32)n1. The van der Waals surface area contributed by atoms with Gasteiger partial charge in [0.2, 0.25) is 16.5 Å². The van der Waals surface area contributed by atoms with E-state index in [1.165, 1.54) is 5.56 Å². The Hall–Kier alpha value is -1.39.